The molecule has 0 aromatic rings. The van der Waals surface area contributed by atoms with E-state index in [1.165, 1.54) is 6.92 Å². The monoisotopic (exact) mass is 149 g/mol. The van der Waals surface area contributed by atoms with E-state index in [2.05, 4.69) is 5.32 Å². The number of hydrogen-bond acceptors (Lipinski definition) is 1. The molecule has 0 amide bonds. The van der Waals surface area contributed by atoms with Crippen molar-refractivity contribution in [2.45, 2.75) is 20.3 Å². The summed E-state index contributed by atoms with van der Waals surface area (Å²) in [6.45, 7) is 4.87. The summed E-state index contributed by atoms with van der Waals surface area (Å²) in [5, 5.41) is 2.97. The lowest BCUT2D eigenvalue weighted by Gasteiger charge is -1.99. The Morgan fingerprint density at radius 3 is 2.40 bits per heavy atom. The highest BCUT2D eigenvalue weighted by Crippen LogP contribution is 2.09. The zero-order valence-electron chi connectivity index (χ0n) is 6.38. The van der Waals surface area contributed by atoms with E-state index in [1.54, 1.807) is 0 Å². The van der Waals surface area contributed by atoms with Gasteiger partial charge in [-0.2, -0.15) is 8.78 Å². The van der Waals surface area contributed by atoms with Crippen molar-refractivity contribution >= 4 is 0 Å². The predicted molar refractivity (Wildman–Crippen MR) is 38.1 cm³/mol. The molecule has 1 nitrogen and oxygen atoms in total. The summed E-state index contributed by atoms with van der Waals surface area (Å²) in [7, 11) is 0. The van der Waals surface area contributed by atoms with E-state index >= 15 is 0 Å². The molecule has 0 fully saturated rings. The highest BCUT2D eigenvalue weighted by Gasteiger charge is 1.97. The molecule has 0 aromatic carbocycles. The molecule has 0 aliphatic rings. The third-order valence-electron chi connectivity index (χ3n) is 1.25. The van der Waals surface area contributed by atoms with Crippen LogP contribution in [0.5, 0.6) is 0 Å². The van der Waals surface area contributed by atoms with Gasteiger partial charge in [-0.1, -0.05) is 6.92 Å². The zero-order valence-corrected chi connectivity index (χ0v) is 6.38. The normalized spacial score (nSPS) is 9.60. The van der Waals surface area contributed by atoms with E-state index in [9.17, 15) is 8.78 Å². The van der Waals surface area contributed by atoms with Gasteiger partial charge < -0.3 is 5.32 Å². The van der Waals surface area contributed by atoms with Crippen LogP contribution in [-0.4, -0.2) is 13.1 Å². The van der Waals surface area contributed by atoms with Crippen molar-refractivity contribution in [1.29, 1.82) is 0 Å². The number of hydrogen-bond donors (Lipinski definition) is 1. The smallest absolute Gasteiger partial charge is 0.269 e. The van der Waals surface area contributed by atoms with Gasteiger partial charge in [0.2, 0.25) is 0 Å². The molecular weight excluding hydrogens is 136 g/mol. The second kappa shape index (κ2) is 5.35. The van der Waals surface area contributed by atoms with Crippen LogP contribution in [0.1, 0.15) is 20.3 Å². The molecule has 0 saturated heterocycles. The molecule has 0 radical (unpaired) electrons. The molecule has 0 heterocycles. The van der Waals surface area contributed by atoms with Gasteiger partial charge in [0.25, 0.3) is 6.08 Å². The summed E-state index contributed by atoms with van der Waals surface area (Å²) in [6.07, 6.45) is -1.10. The summed E-state index contributed by atoms with van der Waals surface area (Å²) in [5.41, 5.74) is 0.181. The first kappa shape index (κ1) is 9.56. The van der Waals surface area contributed by atoms with Crippen molar-refractivity contribution in [1.82, 2.24) is 5.32 Å². The van der Waals surface area contributed by atoms with E-state index in [4.69, 9.17) is 0 Å². The Labute approximate surface area is 60.1 Å². The van der Waals surface area contributed by atoms with Gasteiger partial charge >= 0.3 is 0 Å². The van der Waals surface area contributed by atoms with Gasteiger partial charge in [-0.3, -0.25) is 0 Å². The minimum absolute atomic E-state index is 0.181. The number of halogens is 2. The van der Waals surface area contributed by atoms with Crippen molar-refractivity contribution in [2.75, 3.05) is 13.1 Å². The molecule has 0 atom stereocenters. The molecule has 0 rings (SSSR count). The topological polar surface area (TPSA) is 12.0 Å². The van der Waals surface area contributed by atoms with Crippen LogP contribution in [0.3, 0.4) is 0 Å². The maximum absolute atomic E-state index is 11.7. The fourth-order valence-corrected chi connectivity index (χ4v) is 0.547. The molecule has 0 spiro atoms. The van der Waals surface area contributed by atoms with Gasteiger partial charge in [0.15, 0.2) is 0 Å². The van der Waals surface area contributed by atoms with Crippen LogP contribution in [0.25, 0.3) is 0 Å². The molecule has 0 saturated carbocycles. The van der Waals surface area contributed by atoms with Gasteiger partial charge in [0.1, 0.15) is 0 Å². The molecule has 10 heavy (non-hydrogen) atoms. The minimum atomic E-state index is -1.54. The predicted octanol–water partition coefficient (Wildman–Crippen LogP) is 2.16. The number of nitrogens with one attached hydrogen (secondary N) is 1. The molecule has 0 bridgehead atoms. The van der Waals surface area contributed by atoms with Gasteiger partial charge in [-0.05, 0) is 32.0 Å². The zero-order chi connectivity index (χ0) is 7.98. The molecule has 1 N–H and O–H groups in total. The lowest BCUT2D eigenvalue weighted by atomic mass is 10.2. The molecule has 3 heteroatoms. The average Bonchev–Trinajstić information content (AvgIpc) is 1.88. The van der Waals surface area contributed by atoms with Crippen LogP contribution in [-0.2, 0) is 0 Å². The third-order valence-corrected chi connectivity index (χ3v) is 1.25. The Kier molecular flexibility index (Phi) is 5.12. The van der Waals surface area contributed by atoms with E-state index in [0.29, 0.717) is 13.0 Å². The van der Waals surface area contributed by atoms with E-state index in [-0.39, 0.29) is 5.57 Å². The first-order valence-corrected chi connectivity index (χ1v) is 3.40. The van der Waals surface area contributed by atoms with Crippen LogP contribution in [0, 0.1) is 0 Å². The van der Waals surface area contributed by atoms with Gasteiger partial charge in [0, 0.05) is 0 Å². The molecular formula is C7H13F2N. The first-order valence-electron chi connectivity index (χ1n) is 3.40. The Hall–Kier alpha value is -0.440. The molecule has 0 aliphatic carbocycles. The van der Waals surface area contributed by atoms with Crippen LogP contribution >= 0.6 is 0 Å². The fraction of sp³-hybridized carbons (Fsp3) is 0.714. The van der Waals surface area contributed by atoms with Crippen LogP contribution in [0.2, 0.25) is 0 Å². The second-order valence-electron chi connectivity index (χ2n) is 2.14. The highest BCUT2D eigenvalue weighted by atomic mass is 19.3. The molecule has 0 unspecified atom stereocenters. The van der Waals surface area contributed by atoms with Crippen molar-refractivity contribution in [3.8, 4) is 0 Å². The quantitative estimate of drug-likeness (QED) is 0.604. The van der Waals surface area contributed by atoms with Crippen LogP contribution < -0.4 is 5.32 Å². The summed E-state index contributed by atoms with van der Waals surface area (Å²) < 4.78 is 23.4. The van der Waals surface area contributed by atoms with Gasteiger partial charge in [0.05, 0.1) is 0 Å². The third kappa shape index (κ3) is 4.44. The fourth-order valence-electron chi connectivity index (χ4n) is 0.547. The summed E-state index contributed by atoms with van der Waals surface area (Å²) in [5.74, 6) is 0. The minimum Gasteiger partial charge on any atom is -0.317 e. The summed E-state index contributed by atoms with van der Waals surface area (Å²) >= 11 is 0. The highest BCUT2D eigenvalue weighted by molar-refractivity contribution is 4.98. The van der Waals surface area contributed by atoms with Crippen molar-refractivity contribution in [2.24, 2.45) is 0 Å². The average molecular weight is 149 g/mol. The van der Waals surface area contributed by atoms with Gasteiger partial charge in [-0.25, -0.2) is 0 Å². The van der Waals surface area contributed by atoms with Gasteiger partial charge in [-0.15, -0.1) is 0 Å². The maximum Gasteiger partial charge on any atom is 0.269 e. The van der Waals surface area contributed by atoms with Crippen molar-refractivity contribution in [3.05, 3.63) is 11.7 Å². The molecule has 60 valence electrons. The maximum atomic E-state index is 11.7. The Morgan fingerprint density at radius 2 is 2.00 bits per heavy atom. The second-order valence-corrected chi connectivity index (χ2v) is 2.14. The van der Waals surface area contributed by atoms with Crippen LogP contribution in [0.4, 0.5) is 8.78 Å². The summed E-state index contributed by atoms with van der Waals surface area (Å²) in [6, 6.07) is 0. The van der Waals surface area contributed by atoms with Crippen molar-refractivity contribution in [3.63, 3.8) is 0 Å². The lowest BCUT2D eigenvalue weighted by Crippen LogP contribution is -2.14. The largest absolute Gasteiger partial charge is 0.317 e. The van der Waals surface area contributed by atoms with E-state index < -0.39 is 6.08 Å². The van der Waals surface area contributed by atoms with Crippen LogP contribution in [0.15, 0.2) is 11.7 Å². The standard InChI is InChI=1S/C7H13F2N/c1-3-10-5-4-6(2)7(8)9/h10H,3-5H2,1-2H3. The Balaban J connectivity index is 3.40. The molecule has 0 aromatic heterocycles. The SMILES string of the molecule is CCNCCC(C)=C(F)F. The first-order chi connectivity index (χ1) is 4.68. The van der Waals surface area contributed by atoms with E-state index in [0.717, 1.165) is 6.54 Å². The lowest BCUT2D eigenvalue weighted by molar-refractivity contribution is 0.407. The number of rotatable bonds is 4. The Morgan fingerprint density at radius 1 is 1.40 bits per heavy atom. The van der Waals surface area contributed by atoms with E-state index in [1.807, 2.05) is 6.92 Å². The molecule has 0 aliphatic heterocycles. The Bertz CT molecular complexity index is 117. The van der Waals surface area contributed by atoms with Crippen molar-refractivity contribution < 1.29 is 8.78 Å². The summed E-state index contributed by atoms with van der Waals surface area (Å²) in [4.78, 5) is 0.